The Bertz CT molecular complexity index is 1830. The van der Waals surface area contributed by atoms with Crippen LogP contribution in [0.1, 0.15) is 62.4 Å². The van der Waals surface area contributed by atoms with E-state index < -0.39 is 23.1 Å². The van der Waals surface area contributed by atoms with Crippen LogP contribution in [0.3, 0.4) is 0 Å². The molecule has 1 N–H and O–H groups in total. The maximum Gasteiger partial charge on any atom is 0.331 e. The molecular formula is C31H35FN6O4. The number of hydrogen-bond acceptors (Lipinski definition) is 5. The number of likely N-dealkylation sites (tertiary alicyclic amines) is 1. The van der Waals surface area contributed by atoms with Crippen LogP contribution in [0.25, 0.3) is 21.8 Å². The molecule has 2 fully saturated rings. The maximum absolute atomic E-state index is 15.3. The van der Waals surface area contributed by atoms with Gasteiger partial charge in [0.2, 0.25) is 0 Å². The highest BCUT2D eigenvalue weighted by molar-refractivity contribution is 5.99. The second kappa shape index (κ2) is 10.8. The lowest BCUT2D eigenvalue weighted by atomic mass is 9.91. The molecule has 1 aliphatic heterocycles. The van der Waals surface area contributed by atoms with Gasteiger partial charge in [-0.1, -0.05) is 12.1 Å². The lowest BCUT2D eigenvalue weighted by Gasteiger charge is -2.32. The van der Waals surface area contributed by atoms with Crippen LogP contribution >= 0.6 is 0 Å². The van der Waals surface area contributed by atoms with Gasteiger partial charge in [0.15, 0.2) is 5.78 Å². The second-order valence-corrected chi connectivity index (χ2v) is 12.0. The molecule has 220 valence electrons. The molecular weight excluding hydrogens is 539 g/mol. The molecule has 2 aromatic carbocycles. The predicted octanol–water partition coefficient (Wildman–Crippen LogP) is 4.70. The van der Waals surface area contributed by atoms with Gasteiger partial charge in [0.05, 0.1) is 22.1 Å². The topological polar surface area (TPSA) is 111 Å². The van der Waals surface area contributed by atoms with Gasteiger partial charge in [-0.05, 0) is 63.5 Å². The molecule has 11 heteroatoms. The largest absolute Gasteiger partial charge is 0.331 e. The Morgan fingerprint density at radius 2 is 1.88 bits per heavy atom. The number of hydrogen-bond donors (Lipinski definition) is 1. The summed E-state index contributed by atoms with van der Waals surface area (Å²) in [6, 6.07) is 7.21. The first-order valence-corrected chi connectivity index (χ1v) is 14.6. The monoisotopic (exact) mass is 574 g/mol. The minimum atomic E-state index is -0.724. The van der Waals surface area contributed by atoms with Crippen molar-refractivity contribution in [3.05, 3.63) is 68.7 Å². The van der Waals surface area contributed by atoms with Gasteiger partial charge in [0, 0.05) is 62.4 Å². The van der Waals surface area contributed by atoms with Gasteiger partial charge >= 0.3 is 11.7 Å². The lowest BCUT2D eigenvalue weighted by molar-refractivity contribution is 0.0931. The molecule has 4 aromatic rings. The maximum atomic E-state index is 15.3. The molecule has 0 spiro atoms. The minimum absolute atomic E-state index is 0.00550. The number of amides is 2. The molecule has 2 aliphatic rings. The first kappa shape index (κ1) is 27.9. The number of carbonyl (C=O) groups is 2. The first-order valence-electron chi connectivity index (χ1n) is 14.6. The van der Waals surface area contributed by atoms with Crippen molar-refractivity contribution in [3.63, 3.8) is 0 Å². The zero-order valence-corrected chi connectivity index (χ0v) is 24.1. The highest BCUT2D eigenvalue weighted by atomic mass is 19.1. The zero-order valence-electron chi connectivity index (χ0n) is 24.1. The highest BCUT2D eigenvalue weighted by Crippen LogP contribution is 2.30. The van der Waals surface area contributed by atoms with Crippen molar-refractivity contribution in [2.24, 2.45) is 18.9 Å². The van der Waals surface area contributed by atoms with E-state index in [2.05, 4.69) is 10.4 Å². The van der Waals surface area contributed by atoms with E-state index in [1.165, 1.54) is 15.2 Å². The van der Waals surface area contributed by atoms with Gasteiger partial charge in [0.25, 0.3) is 5.56 Å². The number of halogens is 1. The smallest absolute Gasteiger partial charge is 0.324 e. The quantitative estimate of drug-likeness (QED) is 0.322. The molecule has 1 aliphatic carbocycles. The normalized spacial score (nSPS) is 17.4. The summed E-state index contributed by atoms with van der Waals surface area (Å²) < 4.78 is 19.7. The number of ketones is 1. The predicted molar refractivity (Wildman–Crippen MR) is 159 cm³/mol. The van der Waals surface area contributed by atoms with Gasteiger partial charge in [-0.3, -0.25) is 23.4 Å². The summed E-state index contributed by atoms with van der Waals surface area (Å²) in [5, 5.41) is 8.18. The van der Waals surface area contributed by atoms with E-state index in [1.807, 2.05) is 33.2 Å². The number of carbonyl (C=O) groups excluding carboxylic acids is 2. The Hall–Kier alpha value is -4.28. The lowest BCUT2D eigenvalue weighted by Crippen LogP contribution is -2.43. The number of nitrogens with one attached hydrogen (secondary N) is 1. The number of anilines is 1. The Morgan fingerprint density at radius 1 is 1.10 bits per heavy atom. The molecule has 0 radical (unpaired) electrons. The summed E-state index contributed by atoms with van der Waals surface area (Å²) in [4.78, 5) is 54.4. The Labute approximate surface area is 241 Å². The summed E-state index contributed by atoms with van der Waals surface area (Å²) >= 11 is 0. The van der Waals surface area contributed by atoms with Crippen LogP contribution in [0, 0.1) is 17.7 Å². The molecule has 2 amide bonds. The number of benzene rings is 2. The van der Waals surface area contributed by atoms with E-state index >= 15 is 4.39 Å². The summed E-state index contributed by atoms with van der Waals surface area (Å²) in [6.45, 7) is 4.80. The van der Waals surface area contributed by atoms with Crippen LogP contribution in [0.5, 0.6) is 0 Å². The molecule has 6 rings (SSSR count). The van der Waals surface area contributed by atoms with Crippen molar-refractivity contribution in [1.29, 1.82) is 0 Å². The first-order chi connectivity index (χ1) is 20.1. The number of rotatable bonds is 7. The van der Waals surface area contributed by atoms with E-state index in [1.54, 1.807) is 21.7 Å². The Kier molecular flexibility index (Phi) is 7.20. The fourth-order valence-corrected chi connectivity index (χ4v) is 6.02. The van der Waals surface area contributed by atoms with Crippen molar-refractivity contribution < 1.29 is 14.0 Å². The highest BCUT2D eigenvalue weighted by Gasteiger charge is 2.28. The molecule has 1 saturated carbocycles. The summed E-state index contributed by atoms with van der Waals surface area (Å²) in [5.41, 5.74) is 0.527. The number of aryl methyl sites for hydroxylation is 1. The third-order valence-electron chi connectivity index (χ3n) is 8.38. The van der Waals surface area contributed by atoms with Crippen LogP contribution in [0.4, 0.5) is 14.9 Å². The average Bonchev–Trinajstić information content (AvgIpc) is 3.69. The standard InChI is InChI=1S/C31H35FN6O4/c1-18(2)38-27-14-24(32)26(13-23(27)29(40)37(31(38)42)16-19-6-7-19)33-30(41)36-10-4-5-20(15-36)11-28(39)21-8-9-22-17-35(3)34-25(22)12-21/h8-9,12-14,17-20H,4-7,10-11,15-16H2,1-3H3,(H,33,41). The van der Waals surface area contributed by atoms with Crippen LogP contribution in [0.15, 0.2) is 46.1 Å². The van der Waals surface area contributed by atoms with Gasteiger partial charge in [0.1, 0.15) is 5.82 Å². The summed E-state index contributed by atoms with van der Waals surface area (Å²) in [7, 11) is 1.84. The van der Waals surface area contributed by atoms with Crippen molar-refractivity contribution in [2.75, 3.05) is 18.4 Å². The van der Waals surface area contributed by atoms with E-state index in [-0.39, 0.29) is 34.3 Å². The van der Waals surface area contributed by atoms with Crippen LogP contribution in [-0.4, -0.2) is 48.7 Å². The number of Topliss-reactive ketones (excluding diaryl/α,β-unsaturated/α-hetero) is 1. The van der Waals surface area contributed by atoms with Crippen molar-refractivity contribution in [3.8, 4) is 0 Å². The Morgan fingerprint density at radius 3 is 2.62 bits per heavy atom. The molecule has 0 bridgehead atoms. The average molecular weight is 575 g/mol. The van der Waals surface area contributed by atoms with Crippen molar-refractivity contribution >= 4 is 39.3 Å². The van der Waals surface area contributed by atoms with Crippen molar-refractivity contribution in [2.45, 2.75) is 58.5 Å². The molecule has 42 heavy (non-hydrogen) atoms. The van der Waals surface area contributed by atoms with Crippen LogP contribution in [0.2, 0.25) is 0 Å². The van der Waals surface area contributed by atoms with E-state index in [0.29, 0.717) is 37.5 Å². The van der Waals surface area contributed by atoms with E-state index in [0.717, 1.165) is 42.7 Å². The van der Waals surface area contributed by atoms with Gasteiger partial charge in [-0.25, -0.2) is 14.0 Å². The molecule has 1 atom stereocenters. The fraction of sp³-hybridized carbons (Fsp3) is 0.452. The molecule has 2 aromatic heterocycles. The van der Waals surface area contributed by atoms with Gasteiger partial charge in [-0.2, -0.15) is 5.10 Å². The number of piperidine rings is 1. The van der Waals surface area contributed by atoms with Gasteiger partial charge in [-0.15, -0.1) is 0 Å². The number of aromatic nitrogens is 4. The summed E-state index contributed by atoms with van der Waals surface area (Å²) in [5.74, 6) is -0.468. The number of nitrogens with zero attached hydrogens (tertiary/aromatic N) is 5. The van der Waals surface area contributed by atoms with E-state index in [9.17, 15) is 19.2 Å². The number of urea groups is 1. The summed E-state index contributed by atoms with van der Waals surface area (Å²) in [6.07, 6.45) is 5.65. The SMILES string of the molecule is CC(C)n1c(=O)n(CC2CC2)c(=O)c2cc(NC(=O)N3CCCC(CC(=O)c4ccc5cn(C)nc5c4)C3)c(F)cc21. The van der Waals surface area contributed by atoms with Crippen LogP contribution in [-0.2, 0) is 13.6 Å². The third kappa shape index (κ3) is 5.35. The fourth-order valence-electron chi connectivity index (χ4n) is 6.02. The molecule has 1 saturated heterocycles. The van der Waals surface area contributed by atoms with Crippen LogP contribution < -0.4 is 16.6 Å². The zero-order chi connectivity index (χ0) is 29.7. The number of fused-ring (bicyclic) bond motifs is 2. The van der Waals surface area contributed by atoms with Gasteiger partial charge < -0.3 is 10.2 Å². The molecule has 3 heterocycles. The van der Waals surface area contributed by atoms with Crippen molar-refractivity contribution in [1.82, 2.24) is 23.8 Å². The second-order valence-electron chi connectivity index (χ2n) is 12.0. The minimum Gasteiger partial charge on any atom is -0.324 e. The molecule has 1 unspecified atom stereocenters. The Balaban J connectivity index is 1.20. The van der Waals surface area contributed by atoms with E-state index in [4.69, 9.17) is 0 Å². The third-order valence-corrected chi connectivity index (χ3v) is 8.38. The molecule has 10 nitrogen and oxygen atoms in total.